The molecule has 0 amide bonds. The van der Waals surface area contributed by atoms with Crippen LogP contribution in [0, 0.1) is 25.7 Å². The summed E-state index contributed by atoms with van der Waals surface area (Å²) in [7, 11) is 2.18. The summed E-state index contributed by atoms with van der Waals surface area (Å²) in [4.78, 5) is 2.36. The van der Waals surface area contributed by atoms with Gasteiger partial charge in [0.25, 0.3) is 0 Å². The smallest absolute Gasteiger partial charge is 0.346 e. The van der Waals surface area contributed by atoms with E-state index in [0.717, 1.165) is 12.3 Å². The van der Waals surface area contributed by atoms with E-state index in [-0.39, 0.29) is 32.7 Å². The molecule has 1 heterocycles. The Morgan fingerprint density at radius 2 is 2.42 bits per heavy atom. The van der Waals surface area contributed by atoms with E-state index in [0.29, 0.717) is 0 Å². The van der Waals surface area contributed by atoms with Gasteiger partial charge in [0.2, 0.25) is 0 Å². The number of hydrogen-bond acceptors (Lipinski definition) is 1. The first-order valence-corrected chi connectivity index (χ1v) is 4.45. The molecule has 1 aliphatic heterocycles. The van der Waals surface area contributed by atoms with E-state index in [1.54, 1.807) is 0 Å². The monoisotopic (exact) mass is 241 g/mol. The molecule has 0 aromatic carbocycles. The van der Waals surface area contributed by atoms with Crippen molar-refractivity contribution in [2.75, 3.05) is 20.1 Å². The topological polar surface area (TPSA) is 3.24 Å². The fourth-order valence-electron chi connectivity index (χ4n) is 1.53. The van der Waals surface area contributed by atoms with Crippen LogP contribution in [0.4, 0.5) is 0 Å². The Labute approximate surface area is 102 Å². The van der Waals surface area contributed by atoms with Crippen LogP contribution in [0.1, 0.15) is 19.3 Å². The zero-order valence-electron chi connectivity index (χ0n) is 8.00. The molecule has 0 N–H and O–H groups in total. The molecule has 1 saturated heterocycles. The molecule has 0 saturated carbocycles. The summed E-state index contributed by atoms with van der Waals surface area (Å²) < 4.78 is 0. The molecule has 12 heavy (non-hydrogen) atoms. The maximum atomic E-state index is 3.81. The van der Waals surface area contributed by atoms with E-state index in [2.05, 4.69) is 31.7 Å². The maximum absolute atomic E-state index is 3.81. The van der Waals surface area contributed by atoms with Crippen molar-refractivity contribution in [3.63, 3.8) is 0 Å². The molecular formula is C10H18NY. The number of rotatable bonds is 4. The van der Waals surface area contributed by atoms with Crippen molar-refractivity contribution in [1.29, 1.82) is 0 Å². The van der Waals surface area contributed by atoms with Crippen LogP contribution in [-0.4, -0.2) is 25.0 Å². The van der Waals surface area contributed by atoms with Crippen molar-refractivity contribution < 1.29 is 32.7 Å². The van der Waals surface area contributed by atoms with Crippen LogP contribution in [0.25, 0.3) is 0 Å². The Morgan fingerprint density at radius 1 is 1.67 bits per heavy atom. The van der Waals surface area contributed by atoms with Crippen molar-refractivity contribution in [2.45, 2.75) is 19.3 Å². The van der Waals surface area contributed by atoms with E-state index in [4.69, 9.17) is 0 Å². The second-order valence-corrected chi connectivity index (χ2v) is 3.38. The van der Waals surface area contributed by atoms with Gasteiger partial charge in [0, 0.05) is 0 Å². The van der Waals surface area contributed by atoms with E-state index in [9.17, 15) is 0 Å². The molecular weight excluding hydrogens is 223 g/mol. The van der Waals surface area contributed by atoms with E-state index < -0.39 is 0 Å². The minimum Gasteiger partial charge on any atom is -0.346 e. The van der Waals surface area contributed by atoms with E-state index in [1.807, 2.05) is 0 Å². The fraction of sp³-hybridized carbons (Fsp3) is 0.700. The molecule has 66 valence electrons. The van der Waals surface area contributed by atoms with Crippen LogP contribution in [0.5, 0.6) is 0 Å². The Kier molecular flexibility index (Phi) is 8.13. The number of likely N-dealkylation sites (tertiary alicyclic amines) is 1. The van der Waals surface area contributed by atoms with Gasteiger partial charge in [-0.05, 0) is 13.6 Å². The van der Waals surface area contributed by atoms with Gasteiger partial charge in [-0.1, -0.05) is 0 Å². The summed E-state index contributed by atoms with van der Waals surface area (Å²) >= 11 is 0. The van der Waals surface area contributed by atoms with Gasteiger partial charge < -0.3 is 24.7 Å². The Hall–Kier alpha value is 1.06. The minimum atomic E-state index is 0. The zero-order chi connectivity index (χ0) is 8.10. The van der Waals surface area contributed by atoms with Crippen LogP contribution in [-0.2, 0) is 32.7 Å². The standard InChI is InChI=1S/C10H18N.Y/c1-3-4-5-6-10-7-8-11(2)9-10;/h5,7,10H,1,3-4,6,8-9H2,2H3;/q-3;+3. The molecule has 1 unspecified atom stereocenters. The molecule has 0 aliphatic carbocycles. The first kappa shape index (κ1) is 13.1. The maximum Gasteiger partial charge on any atom is 3.00 e. The van der Waals surface area contributed by atoms with Gasteiger partial charge in [-0.15, -0.1) is 6.54 Å². The third-order valence-corrected chi connectivity index (χ3v) is 2.17. The van der Waals surface area contributed by atoms with Crippen LogP contribution < -0.4 is 0 Å². The van der Waals surface area contributed by atoms with E-state index in [1.165, 1.54) is 25.9 Å². The molecule has 0 aromatic heterocycles. The molecule has 1 fully saturated rings. The molecule has 0 bridgehead atoms. The first-order chi connectivity index (χ1) is 5.33. The summed E-state index contributed by atoms with van der Waals surface area (Å²) in [6.45, 7) is 6.23. The van der Waals surface area contributed by atoms with Crippen molar-refractivity contribution in [2.24, 2.45) is 5.92 Å². The van der Waals surface area contributed by atoms with Crippen LogP contribution in [0.15, 0.2) is 0 Å². The minimum absolute atomic E-state index is 0. The molecule has 1 aliphatic rings. The van der Waals surface area contributed by atoms with E-state index >= 15 is 0 Å². The Balaban J connectivity index is 0.00000121. The van der Waals surface area contributed by atoms with Crippen molar-refractivity contribution in [1.82, 2.24) is 4.90 Å². The second kappa shape index (κ2) is 7.47. The molecule has 1 nitrogen and oxygen atoms in total. The molecule has 2 heteroatoms. The summed E-state index contributed by atoms with van der Waals surface area (Å²) in [6.07, 6.45) is 8.25. The van der Waals surface area contributed by atoms with Gasteiger partial charge in [-0.25, -0.2) is 19.3 Å². The largest absolute Gasteiger partial charge is 3.00 e. The van der Waals surface area contributed by atoms with Crippen LogP contribution >= 0.6 is 0 Å². The van der Waals surface area contributed by atoms with Crippen molar-refractivity contribution in [3.8, 4) is 0 Å². The second-order valence-electron chi connectivity index (χ2n) is 3.38. The normalized spacial score (nSPS) is 24.0. The molecule has 0 radical (unpaired) electrons. The Morgan fingerprint density at radius 3 is 2.92 bits per heavy atom. The molecule has 1 atom stereocenters. The van der Waals surface area contributed by atoms with Crippen LogP contribution in [0.3, 0.4) is 0 Å². The predicted molar refractivity (Wildman–Crippen MR) is 48.8 cm³/mol. The molecule has 1 rings (SSSR count). The average Bonchev–Trinajstić information content (AvgIpc) is 2.37. The summed E-state index contributed by atoms with van der Waals surface area (Å²) in [6, 6.07) is 0. The van der Waals surface area contributed by atoms with Gasteiger partial charge in [-0.2, -0.15) is 5.92 Å². The number of unbranched alkanes of at least 4 members (excludes halogenated alkanes) is 2. The van der Waals surface area contributed by atoms with Gasteiger partial charge in [-0.3, -0.25) is 0 Å². The summed E-state index contributed by atoms with van der Waals surface area (Å²) in [5, 5.41) is 0. The summed E-state index contributed by atoms with van der Waals surface area (Å²) in [5.41, 5.74) is 0. The average molecular weight is 241 g/mol. The molecule has 0 aromatic rings. The fourth-order valence-corrected chi connectivity index (χ4v) is 1.53. The Bertz CT molecular complexity index is 106. The number of nitrogens with zero attached hydrogens (tertiary/aromatic N) is 1. The van der Waals surface area contributed by atoms with Crippen LogP contribution in [0.2, 0.25) is 0 Å². The first-order valence-electron chi connectivity index (χ1n) is 4.45. The van der Waals surface area contributed by atoms with Crippen molar-refractivity contribution in [3.05, 3.63) is 19.8 Å². The third-order valence-electron chi connectivity index (χ3n) is 2.17. The van der Waals surface area contributed by atoms with Gasteiger partial charge in [0.05, 0.1) is 0 Å². The quantitative estimate of drug-likeness (QED) is 0.537. The predicted octanol–water partition coefficient (Wildman–Crippen LogP) is 1.96. The zero-order valence-corrected chi connectivity index (χ0v) is 10.8. The van der Waals surface area contributed by atoms with Crippen molar-refractivity contribution >= 4 is 0 Å². The summed E-state index contributed by atoms with van der Waals surface area (Å²) in [5.74, 6) is 0.812. The third kappa shape index (κ3) is 4.94. The SMILES string of the molecule is [CH2-]CC[CH-]CC1[CH-]CN(C)C1.[Y+3]. The van der Waals surface area contributed by atoms with Gasteiger partial charge in [0.15, 0.2) is 0 Å². The van der Waals surface area contributed by atoms with Gasteiger partial charge >= 0.3 is 32.7 Å². The number of hydrogen-bond donors (Lipinski definition) is 0. The van der Waals surface area contributed by atoms with Gasteiger partial charge in [0.1, 0.15) is 0 Å². The molecule has 0 spiro atoms.